The lowest BCUT2D eigenvalue weighted by atomic mass is 10.1. The highest BCUT2D eigenvalue weighted by atomic mass is 35.5. The summed E-state index contributed by atoms with van der Waals surface area (Å²) in [6.45, 7) is 4.20. The number of carbonyl (C=O) groups is 1. The highest BCUT2D eigenvalue weighted by Gasteiger charge is 2.24. The van der Waals surface area contributed by atoms with Crippen molar-refractivity contribution in [3.63, 3.8) is 0 Å². The van der Waals surface area contributed by atoms with Crippen molar-refractivity contribution in [2.45, 2.75) is 6.42 Å². The van der Waals surface area contributed by atoms with Crippen LogP contribution in [0.5, 0.6) is 0 Å². The minimum atomic E-state index is -0.281. The molecule has 0 unspecified atom stereocenters. The second-order valence-corrected chi connectivity index (χ2v) is 6.31. The van der Waals surface area contributed by atoms with E-state index < -0.39 is 0 Å². The molecule has 0 aliphatic carbocycles. The SMILES string of the molecule is C=C=CC(=O)Nc1ccc2ncnc(N3CCc4c(Cl)cccc43)c2c1. The fourth-order valence-electron chi connectivity index (χ4n) is 3.22. The summed E-state index contributed by atoms with van der Waals surface area (Å²) in [6.07, 6.45) is 3.67. The summed E-state index contributed by atoms with van der Waals surface area (Å²) in [5, 5.41) is 4.42. The van der Waals surface area contributed by atoms with Gasteiger partial charge in [0, 0.05) is 34.4 Å². The van der Waals surface area contributed by atoms with Gasteiger partial charge in [0.1, 0.15) is 12.1 Å². The number of nitrogens with zero attached hydrogens (tertiary/aromatic N) is 3. The molecule has 1 amide bonds. The number of aromatic nitrogens is 2. The molecule has 128 valence electrons. The highest BCUT2D eigenvalue weighted by molar-refractivity contribution is 6.31. The van der Waals surface area contributed by atoms with Crippen molar-refractivity contribution < 1.29 is 4.79 Å². The Morgan fingerprint density at radius 1 is 1.31 bits per heavy atom. The molecular weight excluding hydrogens is 348 g/mol. The number of nitrogens with one attached hydrogen (secondary N) is 1. The second-order valence-electron chi connectivity index (χ2n) is 5.91. The topological polar surface area (TPSA) is 58.1 Å². The van der Waals surface area contributed by atoms with Gasteiger partial charge < -0.3 is 10.2 Å². The standard InChI is InChI=1S/C20H15ClN4O/c1-2-4-19(26)24-13-7-8-17-15(11-13)20(23-12-22-17)25-10-9-14-16(21)5-3-6-18(14)25/h3-8,11-12H,1,9-10H2,(H,24,26). The zero-order valence-electron chi connectivity index (χ0n) is 13.9. The summed E-state index contributed by atoms with van der Waals surface area (Å²) in [7, 11) is 0. The van der Waals surface area contributed by atoms with Crippen LogP contribution in [-0.4, -0.2) is 22.4 Å². The molecule has 1 aliphatic rings. The van der Waals surface area contributed by atoms with E-state index >= 15 is 0 Å². The Kier molecular flexibility index (Phi) is 4.17. The average molecular weight is 363 g/mol. The molecule has 5 nitrogen and oxygen atoms in total. The third-order valence-corrected chi connectivity index (χ3v) is 4.70. The number of halogens is 1. The number of carbonyl (C=O) groups excluding carboxylic acids is 1. The Hall–Kier alpha value is -3.14. The van der Waals surface area contributed by atoms with Crippen molar-refractivity contribution in [2.24, 2.45) is 0 Å². The average Bonchev–Trinajstić information content (AvgIpc) is 3.07. The number of rotatable bonds is 3. The molecule has 0 saturated carbocycles. The van der Waals surface area contributed by atoms with Gasteiger partial charge in [0.05, 0.1) is 5.52 Å². The van der Waals surface area contributed by atoms with E-state index in [0.29, 0.717) is 5.69 Å². The third kappa shape index (κ3) is 2.84. The number of benzene rings is 2. The number of hydrogen-bond acceptors (Lipinski definition) is 4. The fourth-order valence-corrected chi connectivity index (χ4v) is 3.48. The first-order valence-corrected chi connectivity index (χ1v) is 8.51. The number of anilines is 3. The molecule has 0 fully saturated rings. The van der Waals surface area contributed by atoms with Crippen LogP contribution < -0.4 is 10.2 Å². The highest BCUT2D eigenvalue weighted by Crippen LogP contribution is 2.39. The van der Waals surface area contributed by atoms with Gasteiger partial charge in [0.2, 0.25) is 0 Å². The van der Waals surface area contributed by atoms with E-state index in [9.17, 15) is 4.79 Å². The van der Waals surface area contributed by atoms with E-state index in [0.717, 1.165) is 46.0 Å². The minimum Gasteiger partial charge on any atom is -0.325 e. The zero-order valence-corrected chi connectivity index (χ0v) is 14.6. The van der Waals surface area contributed by atoms with Crippen LogP contribution in [-0.2, 0) is 11.2 Å². The molecule has 2 aromatic carbocycles. The zero-order chi connectivity index (χ0) is 18.1. The summed E-state index contributed by atoms with van der Waals surface area (Å²) < 4.78 is 0. The van der Waals surface area contributed by atoms with Crippen molar-refractivity contribution in [2.75, 3.05) is 16.8 Å². The van der Waals surface area contributed by atoms with Gasteiger partial charge in [-0.05, 0) is 42.3 Å². The Morgan fingerprint density at radius 3 is 3.04 bits per heavy atom. The van der Waals surface area contributed by atoms with Crippen LogP contribution in [0.15, 0.2) is 61.1 Å². The number of fused-ring (bicyclic) bond motifs is 2. The lowest BCUT2D eigenvalue weighted by Gasteiger charge is -2.20. The Bertz CT molecular complexity index is 1070. The molecular formula is C20H15ClN4O. The first kappa shape index (κ1) is 16.3. The predicted molar refractivity (Wildman–Crippen MR) is 104 cm³/mol. The van der Waals surface area contributed by atoms with Crippen LogP contribution in [0.1, 0.15) is 5.56 Å². The molecule has 0 spiro atoms. The van der Waals surface area contributed by atoms with Gasteiger partial charge in [-0.25, -0.2) is 9.97 Å². The van der Waals surface area contributed by atoms with Gasteiger partial charge in [-0.15, -0.1) is 5.73 Å². The van der Waals surface area contributed by atoms with Crippen LogP contribution in [0.2, 0.25) is 5.02 Å². The molecule has 0 atom stereocenters. The van der Waals surface area contributed by atoms with Crippen molar-refractivity contribution in [3.05, 3.63) is 71.7 Å². The minimum absolute atomic E-state index is 0.281. The third-order valence-electron chi connectivity index (χ3n) is 4.34. The first-order valence-electron chi connectivity index (χ1n) is 8.14. The molecule has 1 N–H and O–H groups in total. The molecule has 6 heteroatoms. The van der Waals surface area contributed by atoms with Crippen molar-refractivity contribution in [1.29, 1.82) is 0 Å². The maximum absolute atomic E-state index is 11.8. The molecule has 0 bridgehead atoms. The quantitative estimate of drug-likeness (QED) is 0.558. The lowest BCUT2D eigenvalue weighted by molar-refractivity contribution is -0.111. The summed E-state index contributed by atoms with van der Waals surface area (Å²) in [4.78, 5) is 22.7. The lowest BCUT2D eigenvalue weighted by Crippen LogP contribution is -2.15. The number of amides is 1. The fraction of sp³-hybridized carbons (Fsp3) is 0.100. The van der Waals surface area contributed by atoms with Crippen LogP contribution in [0.4, 0.5) is 17.2 Å². The maximum atomic E-state index is 11.8. The molecule has 1 aliphatic heterocycles. The Balaban J connectivity index is 1.80. The first-order chi connectivity index (χ1) is 12.7. The van der Waals surface area contributed by atoms with Gasteiger partial charge in [0.15, 0.2) is 0 Å². The summed E-state index contributed by atoms with van der Waals surface area (Å²) in [6, 6.07) is 11.4. The molecule has 1 aromatic heterocycles. The van der Waals surface area contributed by atoms with Gasteiger partial charge in [0.25, 0.3) is 5.91 Å². The monoisotopic (exact) mass is 362 g/mol. The van der Waals surface area contributed by atoms with Crippen molar-refractivity contribution in [3.8, 4) is 0 Å². The molecule has 0 saturated heterocycles. The molecule has 3 aromatic rings. The van der Waals surface area contributed by atoms with E-state index in [2.05, 4.69) is 32.5 Å². The van der Waals surface area contributed by atoms with E-state index in [1.54, 1.807) is 6.33 Å². The Labute approximate surface area is 155 Å². The van der Waals surface area contributed by atoms with Crippen LogP contribution in [0.25, 0.3) is 10.9 Å². The second kappa shape index (κ2) is 6.64. The van der Waals surface area contributed by atoms with Crippen molar-refractivity contribution >= 4 is 45.6 Å². The maximum Gasteiger partial charge on any atom is 0.256 e. The van der Waals surface area contributed by atoms with Crippen LogP contribution in [0, 0.1) is 0 Å². The summed E-state index contributed by atoms with van der Waals surface area (Å²) >= 11 is 6.33. The predicted octanol–water partition coefficient (Wildman–Crippen LogP) is 4.26. The largest absolute Gasteiger partial charge is 0.325 e. The smallest absolute Gasteiger partial charge is 0.256 e. The van der Waals surface area contributed by atoms with E-state index in [-0.39, 0.29) is 5.91 Å². The van der Waals surface area contributed by atoms with Crippen molar-refractivity contribution in [1.82, 2.24) is 9.97 Å². The molecule has 0 radical (unpaired) electrons. The summed E-state index contributed by atoms with van der Waals surface area (Å²) in [5.74, 6) is 0.516. The molecule has 4 rings (SSSR count). The number of hydrogen-bond donors (Lipinski definition) is 1. The van der Waals surface area contributed by atoms with E-state index in [4.69, 9.17) is 11.6 Å². The normalized spacial score (nSPS) is 12.6. The Morgan fingerprint density at radius 2 is 2.19 bits per heavy atom. The van der Waals surface area contributed by atoms with E-state index in [1.165, 1.54) is 6.08 Å². The summed E-state index contributed by atoms with van der Waals surface area (Å²) in [5.41, 5.74) is 6.12. The van der Waals surface area contributed by atoms with Gasteiger partial charge >= 0.3 is 0 Å². The molecule has 26 heavy (non-hydrogen) atoms. The van der Waals surface area contributed by atoms with Gasteiger partial charge in [-0.2, -0.15) is 0 Å². The van der Waals surface area contributed by atoms with Gasteiger partial charge in [-0.3, -0.25) is 4.79 Å². The van der Waals surface area contributed by atoms with E-state index in [1.807, 2.05) is 36.4 Å². The molecule has 2 heterocycles. The van der Waals surface area contributed by atoms with Gasteiger partial charge in [-0.1, -0.05) is 24.2 Å². The van der Waals surface area contributed by atoms with Crippen LogP contribution >= 0.6 is 11.6 Å². The van der Waals surface area contributed by atoms with Crippen LogP contribution in [0.3, 0.4) is 0 Å².